The highest BCUT2D eigenvalue weighted by Crippen LogP contribution is 2.55. The Morgan fingerprint density at radius 2 is 1.77 bits per heavy atom. The molecule has 8 rings (SSSR count). The number of thioether (sulfide) groups is 1. The number of carbonyl (C=O) groups is 1. The predicted molar refractivity (Wildman–Crippen MR) is 164 cm³/mol. The van der Waals surface area contributed by atoms with E-state index in [1.807, 2.05) is 60.1 Å². The van der Waals surface area contributed by atoms with Gasteiger partial charge < -0.3 is 29.8 Å². The van der Waals surface area contributed by atoms with Crippen LogP contribution in [0.3, 0.4) is 0 Å². The fourth-order valence-corrected chi connectivity index (χ4v) is 9.35. The molecule has 1 saturated heterocycles. The van der Waals surface area contributed by atoms with E-state index in [4.69, 9.17) is 9.47 Å². The molecule has 3 aromatic rings. The number of hydrogen-bond donors (Lipinski definition) is 3. The molecule has 1 aliphatic heterocycles. The van der Waals surface area contributed by atoms with Crippen LogP contribution in [0, 0.1) is 23.7 Å². The zero-order valence-electron chi connectivity index (χ0n) is 24.8. The summed E-state index contributed by atoms with van der Waals surface area (Å²) in [5.74, 6) is 3.05. The van der Waals surface area contributed by atoms with Crippen LogP contribution in [0.2, 0.25) is 0 Å². The number of rotatable bonds is 8. The Labute approximate surface area is 257 Å². The highest BCUT2D eigenvalue weighted by Gasteiger charge is 2.51. The van der Waals surface area contributed by atoms with Gasteiger partial charge in [0, 0.05) is 35.5 Å². The minimum Gasteiger partial charge on any atom is -0.392 e. The third kappa shape index (κ3) is 6.07. The average Bonchev–Trinajstić information content (AvgIpc) is 3.40. The van der Waals surface area contributed by atoms with Gasteiger partial charge in [0.1, 0.15) is 6.33 Å². The van der Waals surface area contributed by atoms with Crippen LogP contribution in [0.4, 0.5) is 10.5 Å². The minimum atomic E-state index is -0.614. The minimum absolute atomic E-state index is 0.000290. The molecule has 5 fully saturated rings. The Kier molecular flexibility index (Phi) is 7.96. The van der Waals surface area contributed by atoms with Crippen molar-refractivity contribution in [1.29, 1.82) is 0 Å². The Hall–Kier alpha value is -2.92. The predicted octanol–water partition coefficient (Wildman–Crippen LogP) is 5.98. The van der Waals surface area contributed by atoms with Crippen molar-refractivity contribution in [2.24, 2.45) is 30.7 Å². The Bertz CT molecular complexity index is 1410. The van der Waals surface area contributed by atoms with E-state index in [2.05, 4.69) is 27.8 Å². The average molecular weight is 604 g/mol. The summed E-state index contributed by atoms with van der Waals surface area (Å²) in [7, 11) is 1.93. The van der Waals surface area contributed by atoms with E-state index >= 15 is 0 Å². The quantitative estimate of drug-likeness (QED) is 0.272. The summed E-state index contributed by atoms with van der Waals surface area (Å²) in [5.41, 5.74) is 3.43. The molecular formula is C33H41N5O4S. The Morgan fingerprint density at radius 3 is 2.42 bits per heavy atom. The van der Waals surface area contributed by atoms with Crippen molar-refractivity contribution in [3.63, 3.8) is 0 Å². The van der Waals surface area contributed by atoms with Gasteiger partial charge in [0.15, 0.2) is 11.4 Å². The van der Waals surface area contributed by atoms with Gasteiger partial charge >= 0.3 is 6.03 Å². The second-order valence-electron chi connectivity index (χ2n) is 13.3. The summed E-state index contributed by atoms with van der Waals surface area (Å²) in [4.78, 5) is 13.3. The number of carbonyl (C=O) groups excluding carboxylic acids is 1. The molecule has 228 valence electrons. The molecule has 2 amide bonds. The smallest absolute Gasteiger partial charge is 0.319 e. The highest BCUT2D eigenvalue weighted by molar-refractivity contribution is 7.99. The maximum Gasteiger partial charge on any atom is 0.319 e. The van der Waals surface area contributed by atoms with Crippen LogP contribution in [-0.4, -0.2) is 43.3 Å². The van der Waals surface area contributed by atoms with E-state index in [9.17, 15) is 9.90 Å². The summed E-state index contributed by atoms with van der Waals surface area (Å²) < 4.78 is 15.1. The summed E-state index contributed by atoms with van der Waals surface area (Å²) in [6.45, 7) is 2.15. The van der Waals surface area contributed by atoms with Crippen molar-refractivity contribution in [2.75, 3.05) is 11.1 Å². The lowest BCUT2D eigenvalue weighted by atomic mass is 9.53. The number of aliphatic hydroxyl groups excluding tert-OH is 1. The van der Waals surface area contributed by atoms with Crippen molar-refractivity contribution in [1.82, 2.24) is 20.1 Å². The van der Waals surface area contributed by atoms with E-state index in [-0.39, 0.29) is 36.3 Å². The summed E-state index contributed by atoms with van der Waals surface area (Å²) in [6.07, 6.45) is 8.11. The number of aromatic nitrogens is 3. The zero-order chi connectivity index (χ0) is 29.6. The first kappa shape index (κ1) is 28.8. The lowest BCUT2D eigenvalue weighted by molar-refractivity contribution is -0.268. The largest absolute Gasteiger partial charge is 0.392 e. The van der Waals surface area contributed by atoms with Gasteiger partial charge in [-0.15, -0.1) is 10.2 Å². The number of amides is 2. The second kappa shape index (κ2) is 11.9. The number of nitrogens with one attached hydrogen (secondary N) is 2. The molecule has 0 radical (unpaired) electrons. The van der Waals surface area contributed by atoms with Crippen LogP contribution in [0.5, 0.6) is 0 Å². The number of benzene rings is 2. The number of hydrogen-bond acceptors (Lipinski definition) is 7. The first-order valence-electron chi connectivity index (χ1n) is 15.5. The highest BCUT2D eigenvalue weighted by atomic mass is 32.2. The summed E-state index contributed by atoms with van der Waals surface area (Å²) >= 11 is 1.61. The SMILES string of the molecule is CC1C(CSc2nncn2C)OC(c2cccc(NC(=O)NC34CC5CC(CC(C5)C3)C4)c2)OC1c1ccc(CO)cc1. The molecule has 5 aliphatic rings. The third-order valence-electron chi connectivity index (χ3n) is 10.0. The van der Waals surface area contributed by atoms with Crippen LogP contribution in [0.1, 0.15) is 74.5 Å². The van der Waals surface area contributed by atoms with Crippen molar-refractivity contribution in [3.05, 3.63) is 71.5 Å². The molecule has 2 heterocycles. The first-order chi connectivity index (χ1) is 20.9. The van der Waals surface area contributed by atoms with E-state index in [0.29, 0.717) is 5.75 Å². The molecule has 4 saturated carbocycles. The molecule has 4 aliphatic carbocycles. The zero-order valence-corrected chi connectivity index (χ0v) is 25.6. The van der Waals surface area contributed by atoms with Crippen LogP contribution < -0.4 is 10.6 Å². The fourth-order valence-electron chi connectivity index (χ4n) is 8.30. The van der Waals surface area contributed by atoms with Crippen LogP contribution in [-0.2, 0) is 23.1 Å². The van der Waals surface area contributed by atoms with Gasteiger partial charge in [0.05, 0.1) is 18.8 Å². The summed E-state index contributed by atoms with van der Waals surface area (Å²) in [5, 5.41) is 25.1. The van der Waals surface area contributed by atoms with Gasteiger partial charge in [-0.2, -0.15) is 0 Å². The van der Waals surface area contributed by atoms with Gasteiger partial charge in [-0.05, 0) is 79.5 Å². The van der Waals surface area contributed by atoms with Gasteiger partial charge in [0.2, 0.25) is 0 Å². The molecular weight excluding hydrogens is 562 g/mol. The van der Waals surface area contributed by atoms with Crippen molar-refractivity contribution >= 4 is 23.5 Å². The molecule has 3 N–H and O–H groups in total. The standard InChI is InChI=1S/C33H41N5O4S/c1-20-28(18-43-32-37-34-19-38(32)2)41-30(42-29(20)25-8-6-21(17-39)7-9-25)26-4-3-5-27(13-26)35-31(40)36-33-14-22-10-23(15-33)12-24(11-22)16-33/h3-9,13,19-20,22-24,28-30,39H,10-12,14-18H2,1-2H3,(H2,35,36,40). The molecule has 9 nitrogen and oxygen atoms in total. The molecule has 4 atom stereocenters. The Balaban J connectivity index is 1.08. The number of ether oxygens (including phenoxy) is 2. The van der Waals surface area contributed by atoms with E-state index in [1.165, 1.54) is 19.3 Å². The van der Waals surface area contributed by atoms with Gasteiger partial charge in [-0.25, -0.2) is 4.79 Å². The molecule has 1 aromatic heterocycles. The lowest BCUT2D eigenvalue weighted by Gasteiger charge is -2.56. The number of anilines is 1. The summed E-state index contributed by atoms with van der Waals surface area (Å²) in [6, 6.07) is 15.6. The molecule has 4 bridgehead atoms. The molecule has 2 aromatic carbocycles. The van der Waals surface area contributed by atoms with Gasteiger partial charge in [-0.3, -0.25) is 0 Å². The molecule has 43 heavy (non-hydrogen) atoms. The van der Waals surface area contributed by atoms with Crippen molar-refractivity contribution in [2.45, 2.75) is 81.2 Å². The van der Waals surface area contributed by atoms with E-state index in [1.54, 1.807) is 18.1 Å². The fraction of sp³-hybridized carbons (Fsp3) is 0.545. The lowest BCUT2D eigenvalue weighted by Crippen LogP contribution is -2.60. The maximum atomic E-state index is 13.3. The van der Waals surface area contributed by atoms with Crippen LogP contribution in [0.15, 0.2) is 60.0 Å². The van der Waals surface area contributed by atoms with Gasteiger partial charge in [0.25, 0.3) is 0 Å². The van der Waals surface area contributed by atoms with Crippen LogP contribution >= 0.6 is 11.8 Å². The number of aliphatic hydroxyl groups is 1. The van der Waals surface area contributed by atoms with Crippen molar-refractivity contribution in [3.8, 4) is 0 Å². The second-order valence-corrected chi connectivity index (χ2v) is 14.2. The third-order valence-corrected chi connectivity index (χ3v) is 11.1. The molecule has 4 unspecified atom stereocenters. The number of nitrogens with zero attached hydrogens (tertiary/aromatic N) is 3. The molecule has 0 spiro atoms. The normalized spacial score (nSPS) is 33.0. The van der Waals surface area contributed by atoms with Crippen LogP contribution in [0.25, 0.3) is 0 Å². The number of aryl methyl sites for hydroxylation is 1. The number of urea groups is 1. The molecule has 10 heteroatoms. The monoisotopic (exact) mass is 603 g/mol. The van der Waals surface area contributed by atoms with E-state index < -0.39 is 6.29 Å². The maximum absolute atomic E-state index is 13.3. The first-order valence-corrected chi connectivity index (χ1v) is 16.5. The van der Waals surface area contributed by atoms with Gasteiger partial charge in [-0.1, -0.05) is 55.1 Å². The van der Waals surface area contributed by atoms with E-state index in [0.717, 1.165) is 64.6 Å². The van der Waals surface area contributed by atoms with Crippen molar-refractivity contribution < 1.29 is 19.4 Å². The topological polar surface area (TPSA) is 111 Å². The Morgan fingerprint density at radius 1 is 1.05 bits per heavy atom.